The number of amides is 14. The van der Waals surface area contributed by atoms with E-state index in [9.17, 15) is 68.4 Å². The standard InChI is InChI=1S/C84H122N16O22/c1-14-49(6)64(75(112)96-65(50(7)102)74(111)88-42-62(104)89-57(39-61(85)103)71(108)93-60(43-101)78(115)116)95-69(106)55(36-27-37-100(82(119)122-46-53-32-23-17-24-33-53)79(87)99-81(118)121-45-52-30-21-16-22-31-52)90-70(107)56(38-47(2)3)91-77(114)67(68(105)48(4)5)98-76(113)66(63(86)54-34-25-18-26-35-54)97-73(110)58(40-83(8,9)10)92-72(109)59(41-84(11,12)13)94-80(117)120-44-51-28-19-15-20-29-51/h15-26,28-35,47-50,55-60,63-68,101-102,105H,14,27,36-46,86H2,1-13H3,(H2,85,103)(H,88,111)(H,89,104)(H,90,107)(H,91,114)(H,92,109)(H,93,108)(H,94,117)(H,95,106)(H,96,112)(H,97,110)(H,98,113)(H,115,116)(H2,87,99,118)/t49-,50-,55+,56-,57-,58-,59+,60-,63+,64-,65-,66-,67-,68+/m0/s1. The molecule has 0 unspecified atom stereocenters. The fraction of sp³-hybridized carbons (Fsp3) is 0.524. The highest BCUT2D eigenvalue weighted by atomic mass is 16.6. The average molecular weight is 1710 g/mol. The van der Waals surface area contributed by atoms with Crippen LogP contribution in [0.5, 0.6) is 0 Å². The zero-order valence-corrected chi connectivity index (χ0v) is 71.2. The maximum absolute atomic E-state index is 15.3. The van der Waals surface area contributed by atoms with Gasteiger partial charge in [0.15, 0.2) is 0 Å². The number of ether oxygens (including phenoxy) is 3. The molecule has 0 aliphatic heterocycles. The van der Waals surface area contributed by atoms with Crippen LogP contribution >= 0.6 is 0 Å². The van der Waals surface area contributed by atoms with Crippen LogP contribution in [-0.4, -0.2) is 213 Å². The summed E-state index contributed by atoms with van der Waals surface area (Å²) in [5.74, 6) is -16.8. The molecule has 0 fully saturated rings. The summed E-state index contributed by atoms with van der Waals surface area (Å²) in [5.41, 5.74) is 13.0. The minimum Gasteiger partial charge on any atom is -0.480 e. The van der Waals surface area contributed by atoms with Crippen molar-refractivity contribution in [3.63, 3.8) is 0 Å². The Hall–Kier alpha value is -12.2. The van der Waals surface area contributed by atoms with Crippen molar-refractivity contribution in [2.24, 2.45) is 40.1 Å². The number of benzene rings is 4. The van der Waals surface area contributed by atoms with Crippen LogP contribution in [0.25, 0.3) is 0 Å². The largest absolute Gasteiger partial charge is 0.480 e. The SMILES string of the molecule is CC[C@H](C)[C@H](NC(=O)[C@@H](CCCN(C(=N)NC(=O)OCc1ccccc1)C(=O)OCc1ccccc1)NC(=O)[C@H](CC(C)C)NC(=O)[C@@H](NC(=O)[C@@H](NC(=O)[C@H](CC(C)(C)C)NC(=O)[C@@H](CC(C)(C)C)NC(=O)OCc1ccccc1)[C@H](N)c1ccccc1)[C@H](O)C(C)C)C(=O)N[C@H](C(=O)NCC(=O)N[C@@H](CC(N)=O)C(=O)N[C@@H](CO)C(=O)O)[C@H](C)O. The Bertz CT molecular complexity index is 4150. The number of aliphatic hydroxyl groups is 3. The first-order chi connectivity index (χ1) is 57.3. The van der Waals surface area contributed by atoms with Crippen molar-refractivity contribution in [2.45, 2.75) is 233 Å². The van der Waals surface area contributed by atoms with E-state index < -0.39 is 235 Å². The second-order valence-electron chi connectivity index (χ2n) is 32.8. The van der Waals surface area contributed by atoms with Gasteiger partial charge in [0.25, 0.3) is 0 Å². The number of nitrogens with zero attached hydrogens (tertiary/aromatic N) is 1. The molecule has 0 heterocycles. The summed E-state index contributed by atoms with van der Waals surface area (Å²) in [5, 5.41) is 80.0. The van der Waals surface area contributed by atoms with Crippen molar-refractivity contribution in [2.75, 3.05) is 19.7 Å². The molecule has 122 heavy (non-hydrogen) atoms. The van der Waals surface area contributed by atoms with E-state index in [1.165, 1.54) is 20.8 Å². The molecule has 0 bridgehead atoms. The zero-order valence-electron chi connectivity index (χ0n) is 71.2. The fourth-order valence-corrected chi connectivity index (χ4v) is 12.2. The average Bonchev–Trinajstić information content (AvgIpc) is 0.818. The van der Waals surface area contributed by atoms with Crippen LogP contribution < -0.4 is 75.3 Å². The number of carbonyl (C=O) groups is 15. The van der Waals surface area contributed by atoms with Crippen LogP contribution in [0.3, 0.4) is 0 Å². The van der Waals surface area contributed by atoms with E-state index in [-0.39, 0.29) is 51.9 Å². The first-order valence-corrected chi connectivity index (χ1v) is 40.1. The number of guanidine groups is 1. The van der Waals surface area contributed by atoms with Crippen molar-refractivity contribution in [1.82, 2.24) is 68.7 Å². The van der Waals surface area contributed by atoms with Gasteiger partial charge in [-0.25, -0.2) is 24.1 Å². The molecule has 38 nitrogen and oxygen atoms in total. The van der Waals surface area contributed by atoms with Crippen LogP contribution in [0.1, 0.15) is 163 Å². The van der Waals surface area contributed by atoms with Gasteiger partial charge < -0.3 is 105 Å². The predicted molar refractivity (Wildman–Crippen MR) is 445 cm³/mol. The Morgan fingerprint density at radius 3 is 1.39 bits per heavy atom. The second-order valence-corrected chi connectivity index (χ2v) is 32.8. The van der Waals surface area contributed by atoms with Gasteiger partial charge >= 0.3 is 24.2 Å². The molecule has 4 aromatic carbocycles. The number of aliphatic carboxylic acids is 1. The normalized spacial score (nSPS) is 14.8. The van der Waals surface area contributed by atoms with Crippen molar-refractivity contribution in [1.29, 1.82) is 5.41 Å². The second kappa shape index (κ2) is 50.2. The third kappa shape index (κ3) is 36.4. The highest BCUT2D eigenvalue weighted by Gasteiger charge is 2.42. The van der Waals surface area contributed by atoms with Gasteiger partial charge in [-0.3, -0.25) is 63.5 Å². The van der Waals surface area contributed by atoms with E-state index in [0.29, 0.717) is 27.2 Å². The van der Waals surface area contributed by atoms with Gasteiger partial charge in [0.1, 0.15) is 80.2 Å². The van der Waals surface area contributed by atoms with Gasteiger partial charge in [0.05, 0.1) is 37.8 Å². The number of nitrogens with one attached hydrogen (secondary N) is 13. The number of aliphatic hydroxyl groups excluding tert-OH is 3. The van der Waals surface area contributed by atoms with Crippen LogP contribution in [-0.2, 0) is 91.6 Å². The number of hydrogen-bond acceptors (Lipinski definition) is 23. The third-order valence-electron chi connectivity index (χ3n) is 18.9. The van der Waals surface area contributed by atoms with Gasteiger partial charge in [-0.05, 0) is 89.9 Å². The van der Waals surface area contributed by atoms with E-state index >= 15 is 24.0 Å². The maximum atomic E-state index is 15.3. The minimum atomic E-state index is -1.97. The summed E-state index contributed by atoms with van der Waals surface area (Å²) in [6.07, 6.45) is -8.60. The number of nitrogens with two attached hydrogens (primary N) is 2. The van der Waals surface area contributed by atoms with Crippen molar-refractivity contribution < 1.29 is 107 Å². The quantitative estimate of drug-likeness (QED) is 0.0171. The van der Waals surface area contributed by atoms with Crippen molar-refractivity contribution in [3.05, 3.63) is 144 Å². The minimum absolute atomic E-state index is 0.0480. The van der Waals surface area contributed by atoms with E-state index in [2.05, 4.69) is 58.5 Å². The molecule has 14 amide bonds. The number of primary amides is 1. The summed E-state index contributed by atoms with van der Waals surface area (Å²) in [4.78, 5) is 210. The van der Waals surface area contributed by atoms with Crippen LogP contribution in [0.15, 0.2) is 121 Å². The number of carboxylic acids is 1. The number of carboxylic acid groups (broad SMARTS) is 1. The van der Waals surface area contributed by atoms with Crippen LogP contribution in [0.4, 0.5) is 14.4 Å². The Balaban J connectivity index is 1.78. The molecule has 0 aromatic heterocycles. The smallest absolute Gasteiger partial charge is 0.416 e. The summed E-state index contributed by atoms with van der Waals surface area (Å²) in [6.45, 7) is 18.2. The number of rotatable bonds is 46. The Morgan fingerprint density at radius 2 is 0.902 bits per heavy atom. The van der Waals surface area contributed by atoms with Crippen molar-refractivity contribution >= 4 is 95.2 Å². The molecule has 670 valence electrons. The van der Waals surface area contributed by atoms with E-state index in [1.54, 1.807) is 163 Å². The lowest BCUT2D eigenvalue weighted by molar-refractivity contribution is -0.143. The monoisotopic (exact) mass is 1710 g/mol. The van der Waals surface area contributed by atoms with Gasteiger partial charge in [-0.2, -0.15) is 0 Å². The Kier molecular flexibility index (Phi) is 42.0. The van der Waals surface area contributed by atoms with Gasteiger partial charge in [-0.1, -0.05) is 211 Å². The Morgan fingerprint density at radius 1 is 0.484 bits per heavy atom. The number of carbonyl (C=O) groups excluding carboxylic acids is 14. The first kappa shape index (κ1) is 102. The highest BCUT2D eigenvalue weighted by Crippen LogP contribution is 2.26. The molecule has 0 saturated carbocycles. The fourth-order valence-electron chi connectivity index (χ4n) is 12.2. The van der Waals surface area contributed by atoms with Crippen molar-refractivity contribution in [3.8, 4) is 0 Å². The molecule has 4 aromatic rings. The molecule has 0 saturated heterocycles. The molecular weight excluding hydrogens is 1590 g/mol. The molecular formula is C84H122N16O22. The number of hydrogen-bond donors (Lipinski definition) is 19. The zero-order chi connectivity index (χ0) is 91.3. The molecule has 38 heteroatoms. The molecule has 4 rings (SSSR count). The maximum Gasteiger partial charge on any atom is 0.416 e. The summed E-state index contributed by atoms with van der Waals surface area (Å²) < 4.78 is 16.4. The van der Waals surface area contributed by atoms with Crippen LogP contribution in [0.2, 0.25) is 0 Å². The molecule has 0 aliphatic carbocycles. The lowest BCUT2D eigenvalue weighted by atomic mass is 9.86. The number of alkyl carbamates (subject to hydrolysis) is 2. The predicted octanol–water partition coefficient (Wildman–Crippen LogP) is 2.06. The Labute approximate surface area is 709 Å². The van der Waals surface area contributed by atoms with Gasteiger partial charge in [0.2, 0.25) is 70.9 Å². The van der Waals surface area contributed by atoms with Gasteiger partial charge in [0, 0.05) is 6.54 Å². The summed E-state index contributed by atoms with van der Waals surface area (Å²) in [7, 11) is 0. The summed E-state index contributed by atoms with van der Waals surface area (Å²) in [6, 6.07) is 15.1. The molecule has 0 spiro atoms. The molecule has 0 radical (unpaired) electrons. The topological polar surface area (TPSA) is 588 Å². The molecule has 14 atom stereocenters. The van der Waals surface area contributed by atoms with E-state index in [0.717, 1.165) is 6.92 Å². The third-order valence-corrected chi connectivity index (χ3v) is 18.9. The van der Waals surface area contributed by atoms with Gasteiger partial charge in [-0.15, -0.1) is 0 Å². The lowest BCUT2D eigenvalue weighted by Crippen LogP contribution is -2.64. The highest BCUT2D eigenvalue weighted by molar-refractivity contribution is 6.01. The first-order valence-electron chi connectivity index (χ1n) is 40.1. The molecule has 21 N–H and O–H groups in total. The van der Waals surface area contributed by atoms with Crippen LogP contribution in [0, 0.1) is 34.0 Å². The molecule has 0 aliphatic rings. The van der Waals surface area contributed by atoms with E-state index in [1.807, 2.05) is 26.1 Å². The lowest BCUT2D eigenvalue weighted by Gasteiger charge is -2.33. The van der Waals surface area contributed by atoms with E-state index in [4.69, 9.17) is 31.1 Å². The summed E-state index contributed by atoms with van der Waals surface area (Å²) >= 11 is 0.